The van der Waals surface area contributed by atoms with E-state index in [-0.39, 0.29) is 36.5 Å². The van der Waals surface area contributed by atoms with Gasteiger partial charge in [0.15, 0.2) is 0 Å². The van der Waals surface area contributed by atoms with Crippen molar-refractivity contribution in [3.05, 3.63) is 28.2 Å². The van der Waals surface area contributed by atoms with E-state index >= 15 is 0 Å². The topological polar surface area (TPSA) is 89.9 Å². The number of benzene rings is 1. The fourth-order valence-corrected chi connectivity index (χ4v) is 2.30. The average molecular weight is 343 g/mol. The van der Waals surface area contributed by atoms with Crippen molar-refractivity contribution in [2.24, 2.45) is 0 Å². The Morgan fingerprint density at radius 1 is 1.40 bits per heavy atom. The zero-order valence-electron chi connectivity index (χ0n) is 10.7. The third kappa shape index (κ3) is 3.49. The van der Waals surface area contributed by atoms with Gasteiger partial charge >= 0.3 is 12.0 Å². The summed E-state index contributed by atoms with van der Waals surface area (Å²) in [6.45, 7) is 0.126. The van der Waals surface area contributed by atoms with Crippen LogP contribution in [0.3, 0.4) is 0 Å². The first-order valence-corrected chi connectivity index (χ1v) is 7.03. The van der Waals surface area contributed by atoms with E-state index in [4.69, 9.17) is 10.2 Å². The summed E-state index contributed by atoms with van der Waals surface area (Å²) in [5.74, 6) is -1.10. The van der Waals surface area contributed by atoms with Crippen molar-refractivity contribution >= 4 is 33.6 Å². The molecule has 7 heteroatoms. The molecule has 0 aromatic heterocycles. The lowest BCUT2D eigenvalue weighted by Gasteiger charge is -2.22. The van der Waals surface area contributed by atoms with Gasteiger partial charge in [-0.05, 0) is 31.0 Å². The van der Waals surface area contributed by atoms with Crippen molar-refractivity contribution in [1.29, 1.82) is 0 Å². The van der Waals surface area contributed by atoms with Gasteiger partial charge in [0.25, 0.3) is 0 Å². The van der Waals surface area contributed by atoms with Crippen LogP contribution in [0.15, 0.2) is 22.7 Å². The molecule has 0 aliphatic heterocycles. The van der Waals surface area contributed by atoms with Gasteiger partial charge in [-0.3, -0.25) is 0 Å². The highest BCUT2D eigenvalue weighted by molar-refractivity contribution is 9.10. The third-order valence-corrected chi connectivity index (χ3v) is 3.54. The van der Waals surface area contributed by atoms with Gasteiger partial charge in [0.2, 0.25) is 0 Å². The van der Waals surface area contributed by atoms with Crippen LogP contribution >= 0.6 is 15.9 Å². The van der Waals surface area contributed by atoms with Crippen molar-refractivity contribution in [2.45, 2.75) is 18.9 Å². The van der Waals surface area contributed by atoms with Crippen LogP contribution < -0.4 is 5.32 Å². The van der Waals surface area contributed by atoms with E-state index < -0.39 is 5.97 Å². The minimum Gasteiger partial charge on any atom is -0.478 e. The van der Waals surface area contributed by atoms with Crippen LogP contribution in [0.5, 0.6) is 0 Å². The number of aliphatic hydroxyl groups is 1. The van der Waals surface area contributed by atoms with Gasteiger partial charge in [-0.2, -0.15) is 0 Å². The summed E-state index contributed by atoms with van der Waals surface area (Å²) in [6, 6.07) is 4.33. The predicted octanol–water partition coefficient (Wildman–Crippen LogP) is 2.14. The standard InChI is InChI=1S/C13H15BrN2O4/c14-8-1-4-10(12(18)19)11(7-8)15-13(20)16(5-6-17)9-2-3-9/h1,4,7,9,17H,2-3,5-6H2,(H,15,20)(H,18,19). The maximum Gasteiger partial charge on any atom is 0.337 e. The van der Waals surface area contributed by atoms with Gasteiger partial charge in [-0.1, -0.05) is 15.9 Å². The normalized spacial score (nSPS) is 13.9. The number of rotatable bonds is 5. The van der Waals surface area contributed by atoms with Gasteiger partial charge < -0.3 is 20.4 Å². The number of carboxylic acids is 1. The number of carbonyl (C=O) groups excluding carboxylic acids is 1. The second kappa shape index (κ2) is 6.23. The third-order valence-electron chi connectivity index (χ3n) is 3.04. The molecule has 1 aliphatic rings. The SMILES string of the molecule is O=C(O)c1ccc(Br)cc1NC(=O)N(CCO)C1CC1. The molecule has 0 saturated heterocycles. The molecule has 0 spiro atoms. The van der Waals surface area contributed by atoms with Gasteiger partial charge in [-0.25, -0.2) is 9.59 Å². The number of hydrogen-bond acceptors (Lipinski definition) is 3. The zero-order valence-corrected chi connectivity index (χ0v) is 12.3. The molecule has 0 radical (unpaired) electrons. The van der Waals surface area contributed by atoms with E-state index in [0.717, 1.165) is 12.8 Å². The smallest absolute Gasteiger partial charge is 0.337 e. The summed E-state index contributed by atoms with van der Waals surface area (Å²) in [6.07, 6.45) is 1.83. The van der Waals surface area contributed by atoms with Crippen molar-refractivity contribution in [3.8, 4) is 0 Å². The Balaban J connectivity index is 2.17. The second-order valence-corrected chi connectivity index (χ2v) is 5.49. The summed E-state index contributed by atoms with van der Waals surface area (Å²) < 4.78 is 0.679. The van der Waals surface area contributed by atoms with Crippen molar-refractivity contribution < 1.29 is 19.8 Å². The Hall–Kier alpha value is -1.60. The number of hydrogen-bond donors (Lipinski definition) is 3. The van der Waals surface area contributed by atoms with Crippen molar-refractivity contribution in [3.63, 3.8) is 0 Å². The summed E-state index contributed by atoms with van der Waals surface area (Å²) in [7, 11) is 0. The van der Waals surface area contributed by atoms with E-state index in [2.05, 4.69) is 21.2 Å². The second-order valence-electron chi connectivity index (χ2n) is 4.57. The molecule has 3 N–H and O–H groups in total. The molecule has 0 heterocycles. The number of nitrogens with zero attached hydrogens (tertiary/aromatic N) is 1. The van der Waals surface area contributed by atoms with E-state index in [1.807, 2.05) is 0 Å². The number of urea groups is 1. The van der Waals surface area contributed by atoms with Crippen LogP contribution in [0, 0.1) is 0 Å². The molecule has 1 fully saturated rings. The number of aromatic carboxylic acids is 1. The van der Waals surface area contributed by atoms with Crippen molar-refractivity contribution in [1.82, 2.24) is 4.90 Å². The first-order valence-electron chi connectivity index (χ1n) is 6.24. The lowest BCUT2D eigenvalue weighted by Crippen LogP contribution is -2.39. The molecule has 6 nitrogen and oxygen atoms in total. The van der Waals surface area contributed by atoms with Crippen LogP contribution in [-0.2, 0) is 0 Å². The highest BCUT2D eigenvalue weighted by Crippen LogP contribution is 2.28. The van der Waals surface area contributed by atoms with Gasteiger partial charge in [-0.15, -0.1) is 0 Å². The molecule has 1 aromatic rings. The molecule has 0 atom stereocenters. The first-order chi connectivity index (χ1) is 9.52. The Bertz CT molecular complexity index is 531. The van der Waals surface area contributed by atoms with E-state index in [1.165, 1.54) is 11.0 Å². The molecule has 20 heavy (non-hydrogen) atoms. The molecule has 2 amide bonds. The molecule has 1 aliphatic carbocycles. The van der Waals surface area contributed by atoms with Crippen LogP contribution in [0.25, 0.3) is 0 Å². The van der Waals surface area contributed by atoms with Crippen LogP contribution in [0.1, 0.15) is 23.2 Å². The molecule has 1 saturated carbocycles. The van der Waals surface area contributed by atoms with Gasteiger partial charge in [0.1, 0.15) is 0 Å². The van der Waals surface area contributed by atoms with E-state index in [1.54, 1.807) is 12.1 Å². The first kappa shape index (κ1) is 14.8. The number of nitrogens with one attached hydrogen (secondary N) is 1. The maximum absolute atomic E-state index is 12.2. The molecule has 2 rings (SSSR count). The van der Waals surface area contributed by atoms with Crippen LogP contribution in [0.4, 0.5) is 10.5 Å². The number of carbonyl (C=O) groups is 2. The molecule has 0 unspecified atom stereocenters. The maximum atomic E-state index is 12.2. The number of halogens is 1. The minimum atomic E-state index is -1.10. The number of anilines is 1. The van der Waals surface area contributed by atoms with Gasteiger partial charge in [0.05, 0.1) is 17.9 Å². The van der Waals surface area contributed by atoms with Gasteiger partial charge in [0, 0.05) is 17.1 Å². The average Bonchev–Trinajstić information content (AvgIpc) is 3.19. The highest BCUT2D eigenvalue weighted by atomic mass is 79.9. The fourth-order valence-electron chi connectivity index (χ4n) is 1.94. The molecule has 0 bridgehead atoms. The van der Waals surface area contributed by atoms with E-state index in [0.29, 0.717) is 4.47 Å². The predicted molar refractivity (Wildman–Crippen MR) is 76.9 cm³/mol. The van der Waals surface area contributed by atoms with Crippen molar-refractivity contribution in [2.75, 3.05) is 18.5 Å². The monoisotopic (exact) mass is 342 g/mol. The summed E-state index contributed by atoms with van der Waals surface area (Å²) in [5, 5.41) is 20.7. The number of amides is 2. The van der Waals surface area contributed by atoms with Crippen LogP contribution in [-0.4, -0.2) is 46.3 Å². The number of aliphatic hydroxyl groups excluding tert-OH is 1. The highest BCUT2D eigenvalue weighted by Gasteiger charge is 2.32. The Labute approximate surface area is 124 Å². The summed E-state index contributed by atoms with van der Waals surface area (Å²) in [5.41, 5.74) is 0.266. The molecule has 1 aromatic carbocycles. The Kier molecular flexibility index (Phi) is 4.61. The summed E-state index contributed by atoms with van der Waals surface area (Å²) >= 11 is 3.25. The zero-order chi connectivity index (χ0) is 14.7. The lowest BCUT2D eigenvalue weighted by atomic mass is 10.2. The van der Waals surface area contributed by atoms with E-state index in [9.17, 15) is 9.59 Å². The Morgan fingerprint density at radius 2 is 2.10 bits per heavy atom. The summed E-state index contributed by atoms with van der Waals surface area (Å²) in [4.78, 5) is 24.8. The molecular formula is C13H15BrN2O4. The molecule has 108 valence electrons. The minimum absolute atomic E-state index is 0.0290. The molecular weight excluding hydrogens is 328 g/mol. The lowest BCUT2D eigenvalue weighted by molar-refractivity contribution is 0.0698. The Morgan fingerprint density at radius 3 is 2.65 bits per heavy atom. The largest absolute Gasteiger partial charge is 0.478 e. The number of carboxylic acid groups (broad SMARTS) is 1. The quantitative estimate of drug-likeness (QED) is 0.764. The fraction of sp³-hybridized carbons (Fsp3) is 0.385. The van der Waals surface area contributed by atoms with Crippen LogP contribution in [0.2, 0.25) is 0 Å².